The van der Waals surface area contributed by atoms with Crippen LogP contribution < -0.4 is 5.32 Å². The molecule has 1 nitrogen and oxygen atoms in total. The minimum Gasteiger partial charge on any atom is -0.313 e. The lowest BCUT2D eigenvalue weighted by Gasteiger charge is -2.09. The highest BCUT2D eigenvalue weighted by molar-refractivity contribution is 5.15. The third-order valence-electron chi connectivity index (χ3n) is 3.42. The highest BCUT2D eigenvalue weighted by atomic mass is 19.1. The second-order valence-corrected chi connectivity index (χ2v) is 4.75. The lowest BCUT2D eigenvalue weighted by Crippen LogP contribution is -2.17. The average molecular weight is 221 g/mol. The third-order valence-corrected chi connectivity index (χ3v) is 3.42. The molecule has 1 aliphatic carbocycles. The molecule has 88 valence electrons. The Labute approximate surface area is 97.1 Å². The Morgan fingerprint density at radius 1 is 1.25 bits per heavy atom. The summed E-state index contributed by atoms with van der Waals surface area (Å²) in [5.74, 6) is 0.787. The summed E-state index contributed by atoms with van der Waals surface area (Å²) in [6, 6.07) is 6.82. The zero-order valence-corrected chi connectivity index (χ0v) is 9.71. The molecule has 0 atom stereocenters. The molecule has 0 radical (unpaired) electrons. The van der Waals surface area contributed by atoms with Gasteiger partial charge in [-0.25, -0.2) is 4.39 Å². The van der Waals surface area contributed by atoms with Crippen molar-refractivity contribution >= 4 is 0 Å². The third kappa shape index (κ3) is 3.60. The van der Waals surface area contributed by atoms with Gasteiger partial charge in [0.2, 0.25) is 0 Å². The molecule has 0 bridgehead atoms. The van der Waals surface area contributed by atoms with Gasteiger partial charge in [-0.2, -0.15) is 0 Å². The van der Waals surface area contributed by atoms with Crippen molar-refractivity contribution in [2.45, 2.75) is 38.6 Å². The molecule has 0 amide bonds. The average Bonchev–Trinajstić information content (AvgIpc) is 2.77. The maximum absolute atomic E-state index is 12.9. The van der Waals surface area contributed by atoms with Gasteiger partial charge in [0.1, 0.15) is 5.82 Å². The zero-order chi connectivity index (χ0) is 11.2. The van der Waals surface area contributed by atoms with E-state index in [0.29, 0.717) is 0 Å². The Morgan fingerprint density at radius 3 is 2.81 bits per heavy atom. The largest absolute Gasteiger partial charge is 0.313 e. The number of halogens is 1. The summed E-state index contributed by atoms with van der Waals surface area (Å²) in [4.78, 5) is 0. The molecule has 2 rings (SSSR count). The van der Waals surface area contributed by atoms with Crippen LogP contribution in [0.25, 0.3) is 0 Å². The van der Waals surface area contributed by atoms with Crippen molar-refractivity contribution in [2.24, 2.45) is 5.92 Å². The topological polar surface area (TPSA) is 12.0 Å². The molecule has 0 saturated heterocycles. The van der Waals surface area contributed by atoms with Gasteiger partial charge in [-0.3, -0.25) is 0 Å². The SMILES string of the molecule is Fc1cccc(CNCCC2CCCC2)c1. The first kappa shape index (κ1) is 11.6. The second-order valence-electron chi connectivity index (χ2n) is 4.75. The van der Waals surface area contributed by atoms with Crippen LogP contribution >= 0.6 is 0 Å². The molecular formula is C14H20FN. The molecule has 0 heterocycles. The number of rotatable bonds is 5. The summed E-state index contributed by atoms with van der Waals surface area (Å²) in [5, 5.41) is 3.39. The normalized spacial score (nSPS) is 16.8. The van der Waals surface area contributed by atoms with E-state index >= 15 is 0 Å². The molecule has 16 heavy (non-hydrogen) atoms. The summed E-state index contributed by atoms with van der Waals surface area (Å²) in [6.45, 7) is 1.84. The number of hydrogen-bond donors (Lipinski definition) is 1. The quantitative estimate of drug-likeness (QED) is 0.750. The van der Waals surface area contributed by atoms with Gasteiger partial charge in [-0.05, 0) is 36.6 Å². The summed E-state index contributed by atoms with van der Waals surface area (Å²) >= 11 is 0. The Bertz CT molecular complexity index is 318. The van der Waals surface area contributed by atoms with Crippen molar-refractivity contribution in [3.63, 3.8) is 0 Å². The minimum absolute atomic E-state index is 0.143. The van der Waals surface area contributed by atoms with Gasteiger partial charge >= 0.3 is 0 Å². The van der Waals surface area contributed by atoms with E-state index in [4.69, 9.17) is 0 Å². The van der Waals surface area contributed by atoms with E-state index in [1.807, 2.05) is 6.07 Å². The maximum Gasteiger partial charge on any atom is 0.123 e. The van der Waals surface area contributed by atoms with Crippen LogP contribution in [0.4, 0.5) is 4.39 Å². The Morgan fingerprint density at radius 2 is 2.06 bits per heavy atom. The van der Waals surface area contributed by atoms with E-state index < -0.39 is 0 Å². The van der Waals surface area contributed by atoms with E-state index in [0.717, 1.165) is 24.6 Å². The van der Waals surface area contributed by atoms with Crippen molar-refractivity contribution in [1.82, 2.24) is 5.32 Å². The lowest BCUT2D eigenvalue weighted by molar-refractivity contribution is 0.477. The fourth-order valence-corrected chi connectivity index (χ4v) is 2.48. The molecule has 0 aromatic heterocycles. The van der Waals surface area contributed by atoms with E-state index in [9.17, 15) is 4.39 Å². The zero-order valence-electron chi connectivity index (χ0n) is 9.71. The van der Waals surface area contributed by atoms with Crippen LogP contribution in [0.2, 0.25) is 0 Å². The summed E-state index contributed by atoms with van der Waals surface area (Å²) < 4.78 is 12.9. The fourth-order valence-electron chi connectivity index (χ4n) is 2.48. The standard InChI is InChI=1S/C14H20FN/c15-14-7-3-6-13(10-14)11-16-9-8-12-4-1-2-5-12/h3,6-7,10,12,16H,1-2,4-5,8-9,11H2. The number of benzene rings is 1. The van der Waals surface area contributed by atoms with Crippen molar-refractivity contribution in [3.8, 4) is 0 Å². The molecule has 2 heteroatoms. The van der Waals surface area contributed by atoms with Crippen LogP contribution in [-0.4, -0.2) is 6.54 Å². The fraction of sp³-hybridized carbons (Fsp3) is 0.571. The first-order valence-corrected chi connectivity index (χ1v) is 6.30. The molecule has 0 unspecified atom stereocenters. The minimum atomic E-state index is -0.143. The number of hydrogen-bond acceptors (Lipinski definition) is 1. The summed E-state index contributed by atoms with van der Waals surface area (Å²) in [5.41, 5.74) is 1.03. The predicted octanol–water partition coefficient (Wildman–Crippen LogP) is 3.50. The van der Waals surface area contributed by atoms with E-state index in [1.165, 1.54) is 38.2 Å². The van der Waals surface area contributed by atoms with E-state index in [1.54, 1.807) is 12.1 Å². The van der Waals surface area contributed by atoms with E-state index in [-0.39, 0.29) is 5.82 Å². The monoisotopic (exact) mass is 221 g/mol. The van der Waals surface area contributed by atoms with Crippen LogP contribution in [0, 0.1) is 11.7 Å². The van der Waals surface area contributed by atoms with E-state index in [2.05, 4.69) is 5.32 Å². The van der Waals surface area contributed by atoms with Crippen molar-refractivity contribution in [3.05, 3.63) is 35.6 Å². The predicted molar refractivity (Wildman–Crippen MR) is 64.7 cm³/mol. The number of nitrogens with one attached hydrogen (secondary N) is 1. The van der Waals surface area contributed by atoms with Gasteiger partial charge in [0.25, 0.3) is 0 Å². The molecule has 0 spiro atoms. The summed E-state index contributed by atoms with van der Waals surface area (Å²) in [6.07, 6.45) is 6.90. The van der Waals surface area contributed by atoms with Crippen LogP contribution in [0.15, 0.2) is 24.3 Å². The van der Waals surface area contributed by atoms with Crippen molar-refractivity contribution in [1.29, 1.82) is 0 Å². The highest BCUT2D eigenvalue weighted by Gasteiger charge is 2.13. The van der Waals surface area contributed by atoms with Crippen LogP contribution in [-0.2, 0) is 6.54 Å². The van der Waals surface area contributed by atoms with Crippen LogP contribution in [0.5, 0.6) is 0 Å². The van der Waals surface area contributed by atoms with Gasteiger partial charge in [0, 0.05) is 6.54 Å². The Hall–Kier alpha value is -0.890. The molecule has 1 saturated carbocycles. The molecular weight excluding hydrogens is 201 g/mol. The molecule has 1 aromatic rings. The van der Waals surface area contributed by atoms with Crippen molar-refractivity contribution < 1.29 is 4.39 Å². The van der Waals surface area contributed by atoms with Gasteiger partial charge in [0.15, 0.2) is 0 Å². The molecule has 0 aliphatic heterocycles. The molecule has 1 fully saturated rings. The first-order chi connectivity index (χ1) is 7.84. The Balaban J connectivity index is 1.64. The summed E-state index contributed by atoms with van der Waals surface area (Å²) in [7, 11) is 0. The van der Waals surface area contributed by atoms with Gasteiger partial charge in [-0.1, -0.05) is 37.8 Å². The van der Waals surface area contributed by atoms with Crippen molar-refractivity contribution in [2.75, 3.05) is 6.54 Å². The molecule has 1 N–H and O–H groups in total. The smallest absolute Gasteiger partial charge is 0.123 e. The molecule has 1 aliphatic rings. The van der Waals surface area contributed by atoms with Gasteiger partial charge < -0.3 is 5.32 Å². The molecule has 1 aromatic carbocycles. The Kier molecular flexibility index (Phi) is 4.34. The van der Waals surface area contributed by atoms with Gasteiger partial charge in [0.05, 0.1) is 0 Å². The van der Waals surface area contributed by atoms with Crippen LogP contribution in [0.1, 0.15) is 37.7 Å². The first-order valence-electron chi connectivity index (χ1n) is 6.30. The lowest BCUT2D eigenvalue weighted by atomic mass is 10.0. The van der Waals surface area contributed by atoms with Gasteiger partial charge in [-0.15, -0.1) is 0 Å². The highest BCUT2D eigenvalue weighted by Crippen LogP contribution is 2.26. The second kappa shape index (κ2) is 6.00. The maximum atomic E-state index is 12.9. The van der Waals surface area contributed by atoms with Crippen LogP contribution in [0.3, 0.4) is 0 Å².